The number of hydrogen-bond donors (Lipinski definition) is 1. The van der Waals surface area contributed by atoms with Crippen LogP contribution in [0.1, 0.15) is 5.56 Å². The van der Waals surface area contributed by atoms with Gasteiger partial charge >= 0.3 is 0 Å². The molecule has 19 heavy (non-hydrogen) atoms. The number of nitrogens with zero attached hydrogens (tertiary/aromatic N) is 1. The molecule has 0 atom stereocenters. The fourth-order valence-electron chi connectivity index (χ4n) is 2.09. The molecule has 1 heterocycles. The number of ether oxygens (including phenoxy) is 1. The predicted molar refractivity (Wildman–Crippen MR) is 77.6 cm³/mol. The number of carbonyl (C=O) groups is 1. The van der Waals surface area contributed by atoms with Gasteiger partial charge in [-0.15, -0.1) is 0 Å². The highest BCUT2D eigenvalue weighted by Crippen LogP contribution is 2.25. The van der Waals surface area contributed by atoms with Crippen molar-refractivity contribution in [2.24, 2.45) is 0 Å². The third-order valence-corrected chi connectivity index (χ3v) is 4.03. The first-order valence-electron chi connectivity index (χ1n) is 6.54. The van der Waals surface area contributed by atoms with E-state index in [-0.39, 0.29) is 12.5 Å². The zero-order valence-electron chi connectivity index (χ0n) is 11.4. The second-order valence-electron chi connectivity index (χ2n) is 5.06. The van der Waals surface area contributed by atoms with Gasteiger partial charge in [0, 0.05) is 0 Å². The van der Waals surface area contributed by atoms with Crippen LogP contribution in [0.5, 0.6) is 5.75 Å². The number of rotatable bonds is 3. The van der Waals surface area contributed by atoms with E-state index in [4.69, 9.17) is 4.74 Å². The first-order valence-corrected chi connectivity index (χ1v) is 7.33. The van der Waals surface area contributed by atoms with Crippen molar-refractivity contribution >= 4 is 21.8 Å². The minimum absolute atomic E-state index is 0.0694. The lowest BCUT2D eigenvalue weighted by Crippen LogP contribution is -3.12. The van der Waals surface area contributed by atoms with Crippen molar-refractivity contribution in [1.29, 1.82) is 0 Å². The summed E-state index contributed by atoms with van der Waals surface area (Å²) in [6.07, 6.45) is 0. The predicted octanol–water partition coefficient (Wildman–Crippen LogP) is 0.493. The minimum Gasteiger partial charge on any atom is -0.483 e. The van der Waals surface area contributed by atoms with E-state index in [1.54, 1.807) is 0 Å². The van der Waals surface area contributed by atoms with Gasteiger partial charge in [-0.05, 0) is 40.5 Å². The Morgan fingerprint density at radius 2 is 2.11 bits per heavy atom. The molecule has 1 aliphatic rings. The molecule has 0 radical (unpaired) electrons. The van der Waals surface area contributed by atoms with E-state index in [0.29, 0.717) is 0 Å². The Balaban J connectivity index is 1.86. The maximum absolute atomic E-state index is 12.0. The monoisotopic (exact) mass is 327 g/mol. The van der Waals surface area contributed by atoms with Gasteiger partial charge in [0.05, 0.1) is 37.7 Å². The smallest absolute Gasteiger partial charge is 0.260 e. The number of nitrogens with one attached hydrogen (secondary N) is 1. The summed E-state index contributed by atoms with van der Waals surface area (Å²) in [5, 5.41) is 0. The summed E-state index contributed by atoms with van der Waals surface area (Å²) in [7, 11) is 2.15. The van der Waals surface area contributed by atoms with Gasteiger partial charge in [-0.1, -0.05) is 6.07 Å². The molecular weight excluding hydrogens is 308 g/mol. The SMILES string of the molecule is Cc1ccc(OCC(=O)N2CC[NH+](C)CC2)c(Br)c1. The van der Waals surface area contributed by atoms with Crippen molar-refractivity contribution < 1.29 is 14.4 Å². The summed E-state index contributed by atoms with van der Waals surface area (Å²) >= 11 is 3.45. The second-order valence-corrected chi connectivity index (χ2v) is 5.91. The number of quaternary nitrogens is 1. The lowest BCUT2D eigenvalue weighted by Gasteiger charge is -2.30. The van der Waals surface area contributed by atoms with Gasteiger partial charge in [-0.25, -0.2) is 0 Å². The molecule has 1 aromatic rings. The van der Waals surface area contributed by atoms with E-state index in [2.05, 4.69) is 23.0 Å². The number of aryl methyl sites for hydroxylation is 1. The van der Waals surface area contributed by atoms with Gasteiger partial charge in [0.1, 0.15) is 5.75 Å². The molecule has 104 valence electrons. The number of halogens is 1. The molecule has 0 aliphatic carbocycles. The first kappa shape index (κ1) is 14.3. The quantitative estimate of drug-likeness (QED) is 0.877. The van der Waals surface area contributed by atoms with Gasteiger partial charge in [-0.3, -0.25) is 4.79 Å². The molecule has 1 N–H and O–H groups in total. The molecule has 5 heteroatoms. The number of benzene rings is 1. The highest BCUT2D eigenvalue weighted by molar-refractivity contribution is 9.10. The van der Waals surface area contributed by atoms with Crippen molar-refractivity contribution in [3.63, 3.8) is 0 Å². The van der Waals surface area contributed by atoms with Crippen LogP contribution in [-0.2, 0) is 4.79 Å². The summed E-state index contributed by atoms with van der Waals surface area (Å²) < 4.78 is 6.48. The number of amides is 1. The number of hydrogen-bond acceptors (Lipinski definition) is 2. The van der Waals surface area contributed by atoms with E-state index in [0.717, 1.165) is 42.0 Å². The minimum atomic E-state index is 0.0694. The van der Waals surface area contributed by atoms with E-state index < -0.39 is 0 Å². The second kappa shape index (κ2) is 6.39. The molecule has 0 spiro atoms. The third kappa shape index (κ3) is 3.94. The Labute approximate surface area is 122 Å². The van der Waals surface area contributed by atoms with Crippen LogP contribution in [0.15, 0.2) is 22.7 Å². The summed E-state index contributed by atoms with van der Waals surface area (Å²) in [6, 6.07) is 5.85. The number of piperazine rings is 1. The van der Waals surface area contributed by atoms with E-state index in [9.17, 15) is 4.79 Å². The highest BCUT2D eigenvalue weighted by atomic mass is 79.9. The Kier molecular flexibility index (Phi) is 4.82. The van der Waals surface area contributed by atoms with Gasteiger partial charge in [0.15, 0.2) is 6.61 Å². The molecule has 0 aromatic heterocycles. The molecular formula is C14H20BrN2O2+. The van der Waals surface area contributed by atoms with Crippen LogP contribution in [0.4, 0.5) is 0 Å². The highest BCUT2D eigenvalue weighted by Gasteiger charge is 2.21. The normalized spacial score (nSPS) is 16.5. The summed E-state index contributed by atoms with van der Waals surface area (Å²) in [4.78, 5) is 15.4. The zero-order chi connectivity index (χ0) is 13.8. The summed E-state index contributed by atoms with van der Waals surface area (Å²) in [5.41, 5.74) is 1.16. The molecule has 1 saturated heterocycles. The standard InChI is InChI=1S/C14H19BrN2O2/c1-11-3-4-13(12(15)9-11)19-10-14(18)17-7-5-16(2)6-8-17/h3-4,9H,5-8,10H2,1-2H3/p+1. The van der Waals surface area contributed by atoms with Crippen molar-refractivity contribution in [1.82, 2.24) is 4.90 Å². The number of likely N-dealkylation sites (N-methyl/N-ethyl adjacent to an activating group) is 1. The van der Waals surface area contributed by atoms with Crippen molar-refractivity contribution in [2.75, 3.05) is 39.8 Å². The molecule has 1 fully saturated rings. The van der Waals surface area contributed by atoms with Gasteiger partial charge < -0.3 is 14.5 Å². The summed E-state index contributed by atoms with van der Waals surface area (Å²) in [5.74, 6) is 0.790. The third-order valence-electron chi connectivity index (χ3n) is 3.41. The molecule has 0 saturated carbocycles. The van der Waals surface area contributed by atoms with Crippen molar-refractivity contribution in [3.05, 3.63) is 28.2 Å². The average molecular weight is 328 g/mol. The molecule has 1 amide bonds. The van der Waals surface area contributed by atoms with Crippen LogP contribution in [0.3, 0.4) is 0 Å². The van der Waals surface area contributed by atoms with Gasteiger partial charge in [0.2, 0.25) is 0 Å². The topological polar surface area (TPSA) is 34.0 Å². The van der Waals surface area contributed by atoms with Gasteiger partial charge in [-0.2, -0.15) is 0 Å². The Morgan fingerprint density at radius 3 is 2.74 bits per heavy atom. The Morgan fingerprint density at radius 1 is 1.42 bits per heavy atom. The van der Waals surface area contributed by atoms with E-state index in [1.807, 2.05) is 30.0 Å². The molecule has 0 unspecified atom stereocenters. The van der Waals surface area contributed by atoms with Crippen LogP contribution in [0, 0.1) is 6.92 Å². The molecule has 2 rings (SSSR count). The van der Waals surface area contributed by atoms with E-state index >= 15 is 0 Å². The van der Waals surface area contributed by atoms with Crippen LogP contribution in [0.25, 0.3) is 0 Å². The molecule has 4 nitrogen and oxygen atoms in total. The van der Waals surface area contributed by atoms with Crippen LogP contribution in [-0.4, -0.2) is 50.6 Å². The zero-order valence-corrected chi connectivity index (χ0v) is 13.0. The van der Waals surface area contributed by atoms with E-state index in [1.165, 1.54) is 4.90 Å². The lowest BCUT2D eigenvalue weighted by atomic mass is 10.2. The first-order chi connectivity index (χ1) is 9.06. The fourth-order valence-corrected chi connectivity index (χ4v) is 2.70. The molecule has 0 bridgehead atoms. The van der Waals surface area contributed by atoms with Crippen LogP contribution < -0.4 is 9.64 Å². The maximum atomic E-state index is 12.0. The number of carbonyl (C=O) groups excluding carboxylic acids is 1. The largest absolute Gasteiger partial charge is 0.483 e. The Bertz CT molecular complexity index is 457. The maximum Gasteiger partial charge on any atom is 0.260 e. The van der Waals surface area contributed by atoms with Crippen molar-refractivity contribution in [3.8, 4) is 5.75 Å². The van der Waals surface area contributed by atoms with Crippen LogP contribution in [0.2, 0.25) is 0 Å². The summed E-state index contributed by atoms with van der Waals surface area (Å²) in [6.45, 7) is 5.80. The molecule has 1 aromatic carbocycles. The fraction of sp³-hybridized carbons (Fsp3) is 0.500. The lowest BCUT2D eigenvalue weighted by molar-refractivity contribution is -0.883. The Hall–Kier alpha value is -1.07. The average Bonchev–Trinajstić information content (AvgIpc) is 2.38. The molecule has 1 aliphatic heterocycles. The van der Waals surface area contributed by atoms with Crippen LogP contribution >= 0.6 is 15.9 Å². The van der Waals surface area contributed by atoms with Crippen molar-refractivity contribution in [2.45, 2.75) is 6.92 Å². The van der Waals surface area contributed by atoms with Gasteiger partial charge in [0.25, 0.3) is 5.91 Å².